The van der Waals surface area contributed by atoms with Gasteiger partial charge in [0.25, 0.3) is 0 Å². The SMILES string of the molecule is COCc1cc(OC)ccc1C1(C)CCCN1. The minimum atomic E-state index is 0.0835. The van der Waals surface area contributed by atoms with Gasteiger partial charge in [0.05, 0.1) is 13.7 Å². The second kappa shape index (κ2) is 5.07. The third kappa shape index (κ3) is 2.45. The van der Waals surface area contributed by atoms with Crippen molar-refractivity contribution in [1.82, 2.24) is 5.32 Å². The average molecular weight is 235 g/mol. The first kappa shape index (κ1) is 12.4. The van der Waals surface area contributed by atoms with E-state index in [4.69, 9.17) is 9.47 Å². The molecule has 1 aromatic carbocycles. The Hall–Kier alpha value is -1.06. The van der Waals surface area contributed by atoms with Gasteiger partial charge in [0.2, 0.25) is 0 Å². The Kier molecular flexibility index (Phi) is 3.69. The van der Waals surface area contributed by atoms with Crippen molar-refractivity contribution in [3.63, 3.8) is 0 Å². The van der Waals surface area contributed by atoms with Crippen molar-refractivity contribution >= 4 is 0 Å². The summed E-state index contributed by atoms with van der Waals surface area (Å²) in [7, 11) is 3.43. The summed E-state index contributed by atoms with van der Waals surface area (Å²) in [6.45, 7) is 3.99. The topological polar surface area (TPSA) is 30.5 Å². The van der Waals surface area contributed by atoms with Crippen LogP contribution in [-0.2, 0) is 16.9 Å². The van der Waals surface area contributed by atoms with Gasteiger partial charge < -0.3 is 14.8 Å². The molecular weight excluding hydrogens is 214 g/mol. The normalized spacial score (nSPS) is 23.9. The van der Waals surface area contributed by atoms with Crippen molar-refractivity contribution in [2.24, 2.45) is 0 Å². The largest absolute Gasteiger partial charge is 0.497 e. The second-order valence-electron chi connectivity index (χ2n) is 4.82. The van der Waals surface area contributed by atoms with Crippen LogP contribution in [0.15, 0.2) is 18.2 Å². The Labute approximate surface area is 103 Å². The van der Waals surface area contributed by atoms with Crippen LogP contribution in [-0.4, -0.2) is 20.8 Å². The standard InChI is InChI=1S/C14H21NO2/c1-14(7-4-8-15-14)13-6-5-12(17-3)9-11(13)10-16-2/h5-6,9,15H,4,7-8,10H2,1-3H3. The molecule has 0 aromatic heterocycles. The summed E-state index contributed by atoms with van der Waals surface area (Å²) in [5, 5.41) is 3.59. The molecule has 17 heavy (non-hydrogen) atoms. The monoisotopic (exact) mass is 235 g/mol. The summed E-state index contributed by atoms with van der Waals surface area (Å²) < 4.78 is 10.6. The number of rotatable bonds is 4. The smallest absolute Gasteiger partial charge is 0.119 e. The minimum absolute atomic E-state index is 0.0835. The van der Waals surface area contributed by atoms with Gasteiger partial charge in [-0.3, -0.25) is 0 Å². The van der Waals surface area contributed by atoms with E-state index in [9.17, 15) is 0 Å². The first-order valence-corrected chi connectivity index (χ1v) is 6.11. The van der Waals surface area contributed by atoms with E-state index < -0.39 is 0 Å². The van der Waals surface area contributed by atoms with Gasteiger partial charge in [-0.15, -0.1) is 0 Å². The van der Waals surface area contributed by atoms with Gasteiger partial charge in [0, 0.05) is 12.6 Å². The average Bonchev–Trinajstić information content (AvgIpc) is 2.77. The number of nitrogens with one attached hydrogen (secondary N) is 1. The van der Waals surface area contributed by atoms with Gasteiger partial charge >= 0.3 is 0 Å². The van der Waals surface area contributed by atoms with Crippen LogP contribution in [0.2, 0.25) is 0 Å². The van der Waals surface area contributed by atoms with Crippen molar-refractivity contribution in [3.05, 3.63) is 29.3 Å². The van der Waals surface area contributed by atoms with Crippen molar-refractivity contribution in [1.29, 1.82) is 0 Å². The van der Waals surface area contributed by atoms with E-state index in [-0.39, 0.29) is 5.54 Å². The zero-order valence-corrected chi connectivity index (χ0v) is 10.9. The maximum absolute atomic E-state index is 5.29. The lowest BCUT2D eigenvalue weighted by molar-refractivity contribution is 0.182. The van der Waals surface area contributed by atoms with Crippen molar-refractivity contribution in [2.75, 3.05) is 20.8 Å². The van der Waals surface area contributed by atoms with Crippen LogP contribution in [0.3, 0.4) is 0 Å². The van der Waals surface area contributed by atoms with Gasteiger partial charge in [-0.1, -0.05) is 6.07 Å². The molecule has 1 atom stereocenters. The Bertz CT molecular complexity index is 384. The molecule has 0 amide bonds. The van der Waals surface area contributed by atoms with Gasteiger partial charge in [0.1, 0.15) is 5.75 Å². The number of benzene rings is 1. The maximum atomic E-state index is 5.29. The fraction of sp³-hybridized carbons (Fsp3) is 0.571. The summed E-state index contributed by atoms with van der Waals surface area (Å²) in [5.74, 6) is 0.891. The van der Waals surface area contributed by atoms with Crippen LogP contribution < -0.4 is 10.1 Å². The maximum Gasteiger partial charge on any atom is 0.119 e. The van der Waals surface area contributed by atoms with Crippen molar-refractivity contribution in [3.8, 4) is 5.75 Å². The molecule has 1 heterocycles. The summed E-state index contributed by atoms with van der Waals surface area (Å²) in [6, 6.07) is 6.26. The summed E-state index contributed by atoms with van der Waals surface area (Å²) in [5.41, 5.74) is 2.63. The molecule has 2 rings (SSSR count). The Balaban J connectivity index is 2.37. The molecule has 1 aliphatic rings. The van der Waals surface area contributed by atoms with Crippen LogP contribution in [0, 0.1) is 0 Å². The van der Waals surface area contributed by atoms with Gasteiger partial charge in [-0.05, 0) is 49.6 Å². The quantitative estimate of drug-likeness (QED) is 0.869. The Morgan fingerprint density at radius 1 is 1.35 bits per heavy atom. The lowest BCUT2D eigenvalue weighted by Crippen LogP contribution is -2.34. The molecule has 1 aromatic rings. The highest BCUT2D eigenvalue weighted by Crippen LogP contribution is 2.34. The molecule has 0 aliphatic carbocycles. The molecular formula is C14H21NO2. The predicted molar refractivity (Wildman–Crippen MR) is 68.3 cm³/mol. The van der Waals surface area contributed by atoms with E-state index in [1.165, 1.54) is 24.0 Å². The third-order valence-corrected chi connectivity index (χ3v) is 3.58. The van der Waals surface area contributed by atoms with Gasteiger partial charge in [0.15, 0.2) is 0 Å². The lowest BCUT2D eigenvalue weighted by atomic mass is 9.87. The molecule has 3 heteroatoms. The van der Waals surface area contributed by atoms with Crippen molar-refractivity contribution < 1.29 is 9.47 Å². The molecule has 1 saturated heterocycles. The van der Waals surface area contributed by atoms with E-state index >= 15 is 0 Å². The van der Waals surface area contributed by atoms with E-state index in [0.717, 1.165) is 12.3 Å². The lowest BCUT2D eigenvalue weighted by Gasteiger charge is -2.28. The molecule has 0 radical (unpaired) electrons. The van der Waals surface area contributed by atoms with Gasteiger partial charge in [-0.25, -0.2) is 0 Å². The molecule has 0 spiro atoms. The summed E-state index contributed by atoms with van der Waals surface area (Å²) in [6.07, 6.45) is 2.41. The molecule has 1 fully saturated rings. The number of methoxy groups -OCH3 is 2. The number of hydrogen-bond acceptors (Lipinski definition) is 3. The highest BCUT2D eigenvalue weighted by molar-refractivity contribution is 5.40. The highest BCUT2D eigenvalue weighted by Gasteiger charge is 2.31. The van der Waals surface area contributed by atoms with Crippen LogP contribution in [0.5, 0.6) is 5.75 Å². The van der Waals surface area contributed by atoms with E-state index in [1.54, 1.807) is 14.2 Å². The first-order valence-electron chi connectivity index (χ1n) is 6.11. The second-order valence-corrected chi connectivity index (χ2v) is 4.82. The van der Waals surface area contributed by atoms with Crippen LogP contribution in [0.1, 0.15) is 30.9 Å². The summed E-state index contributed by atoms with van der Waals surface area (Å²) in [4.78, 5) is 0. The first-order chi connectivity index (χ1) is 8.19. The third-order valence-electron chi connectivity index (χ3n) is 3.58. The van der Waals surface area contributed by atoms with E-state index in [0.29, 0.717) is 6.61 Å². The molecule has 0 bridgehead atoms. The number of ether oxygens (including phenoxy) is 2. The number of hydrogen-bond donors (Lipinski definition) is 1. The fourth-order valence-corrected chi connectivity index (χ4v) is 2.63. The molecule has 1 unspecified atom stereocenters. The van der Waals surface area contributed by atoms with Crippen LogP contribution in [0.4, 0.5) is 0 Å². The Morgan fingerprint density at radius 2 is 2.18 bits per heavy atom. The summed E-state index contributed by atoms with van der Waals surface area (Å²) >= 11 is 0. The molecule has 0 saturated carbocycles. The Morgan fingerprint density at radius 3 is 2.76 bits per heavy atom. The van der Waals surface area contributed by atoms with Crippen LogP contribution >= 0.6 is 0 Å². The molecule has 1 N–H and O–H groups in total. The highest BCUT2D eigenvalue weighted by atomic mass is 16.5. The molecule has 94 valence electrons. The minimum Gasteiger partial charge on any atom is -0.497 e. The fourth-order valence-electron chi connectivity index (χ4n) is 2.63. The zero-order chi connectivity index (χ0) is 12.3. The van der Waals surface area contributed by atoms with Gasteiger partial charge in [-0.2, -0.15) is 0 Å². The van der Waals surface area contributed by atoms with E-state index in [2.05, 4.69) is 24.4 Å². The van der Waals surface area contributed by atoms with Crippen molar-refractivity contribution in [2.45, 2.75) is 31.9 Å². The zero-order valence-electron chi connectivity index (χ0n) is 10.9. The van der Waals surface area contributed by atoms with Crippen LogP contribution in [0.25, 0.3) is 0 Å². The molecule has 1 aliphatic heterocycles. The van der Waals surface area contributed by atoms with E-state index in [1.807, 2.05) is 6.07 Å². The predicted octanol–water partition coefficient (Wildman–Crippen LogP) is 2.44. The molecule has 3 nitrogen and oxygen atoms in total.